The number of hydrogen-bond acceptors (Lipinski definition) is 1. The minimum absolute atomic E-state index is 0.0186. The lowest BCUT2D eigenvalue weighted by molar-refractivity contribution is 0.660. The third kappa shape index (κ3) is 3.14. The zero-order valence-electron chi connectivity index (χ0n) is 43.9. The summed E-state index contributed by atoms with van der Waals surface area (Å²) in [6.07, 6.45) is 0. The van der Waals surface area contributed by atoms with Gasteiger partial charge in [-0.3, -0.25) is 0 Å². The van der Waals surface area contributed by atoms with Gasteiger partial charge in [0.05, 0.1) is 30.2 Å². The molecule has 0 fully saturated rings. The summed E-state index contributed by atoms with van der Waals surface area (Å²) in [5, 5.41) is -3.06. The van der Waals surface area contributed by atoms with Gasteiger partial charge in [-0.25, -0.2) is 0 Å². The number of para-hydroxylation sites is 1. The van der Waals surface area contributed by atoms with E-state index in [0.717, 1.165) is 0 Å². The summed E-state index contributed by atoms with van der Waals surface area (Å²) >= 11 is 0. The fourth-order valence-corrected chi connectivity index (χ4v) is 5.83. The second-order valence-corrected chi connectivity index (χ2v) is 10.4. The first kappa shape index (κ1) is 10.6. The Balaban J connectivity index is 1.59. The van der Waals surface area contributed by atoms with Crippen molar-refractivity contribution in [3.8, 4) is 33.4 Å². The van der Waals surface area contributed by atoms with Gasteiger partial charge in [0, 0.05) is 16.2 Å². The Kier molecular flexibility index (Phi) is 2.13. The van der Waals surface area contributed by atoms with Crippen molar-refractivity contribution < 1.29 is 34.6 Å². The van der Waals surface area contributed by atoms with E-state index in [4.69, 9.17) is 22.2 Å². The van der Waals surface area contributed by atoms with Gasteiger partial charge in [0.1, 0.15) is 11.2 Å². The Morgan fingerprint density at radius 1 is 0.452 bits per heavy atom. The van der Waals surface area contributed by atoms with Gasteiger partial charge < -0.3 is 4.42 Å². The van der Waals surface area contributed by atoms with Crippen LogP contribution in [0.3, 0.4) is 0 Å². The molecule has 1 nitrogen and oxygen atoms in total. The van der Waals surface area contributed by atoms with Crippen LogP contribution in [0, 0.1) is 0 Å². The molecule has 8 aromatic rings. The van der Waals surface area contributed by atoms with Gasteiger partial charge in [-0.2, -0.15) is 0 Å². The number of furan rings is 1. The Bertz CT molecular complexity index is 3520. The third-order valence-electron chi connectivity index (χ3n) is 7.76. The van der Waals surface area contributed by atoms with Crippen molar-refractivity contribution >= 4 is 43.5 Å². The summed E-state index contributed by atoms with van der Waals surface area (Å²) < 4.78 is 204. The molecule has 9 rings (SSSR count). The average Bonchev–Trinajstić information content (AvgIpc) is 3.78. The highest BCUT2D eigenvalue weighted by atomic mass is 16.3. The van der Waals surface area contributed by atoms with Crippen LogP contribution in [-0.4, -0.2) is 0 Å². The van der Waals surface area contributed by atoms with Crippen LogP contribution < -0.4 is 0 Å². The van der Waals surface area contributed by atoms with Gasteiger partial charge in [-0.1, -0.05) is 123 Å². The molecule has 1 aliphatic carbocycles. The van der Waals surface area contributed by atoms with Gasteiger partial charge in [0.2, 0.25) is 0 Å². The zero-order chi connectivity index (χ0) is 47.1. The standard InChI is InChI=1S/C41H28O/c1-41(2)35-17-9-7-11-27(35)28-21-19-26(24-36(28)41)40-32-15-5-3-13-30(32)39(31-14-4-6-16-33(31)40)25-20-22-38-34(23-25)29-12-8-10-18-37(29)42-38/h3-24H,1-2H3/i3D,4D,5D,6D,7D,8D,9D,10D,11D,12D,13D,14D,15D,16D,17D,18D,19D,20D,21D,22D,23D,24D. The maximum Gasteiger partial charge on any atom is 0.135 e. The molecule has 1 aliphatic rings. The van der Waals surface area contributed by atoms with Crippen molar-refractivity contribution in [2.75, 3.05) is 0 Å². The highest BCUT2D eigenvalue weighted by molar-refractivity contribution is 6.22. The molecule has 0 bridgehead atoms. The van der Waals surface area contributed by atoms with Gasteiger partial charge >= 0.3 is 0 Å². The number of hydrogen-bond donors (Lipinski definition) is 0. The highest BCUT2D eigenvalue weighted by Crippen LogP contribution is 2.51. The van der Waals surface area contributed by atoms with Crippen molar-refractivity contribution in [3.63, 3.8) is 0 Å². The van der Waals surface area contributed by atoms with E-state index in [2.05, 4.69) is 0 Å². The second kappa shape index (κ2) is 8.44. The van der Waals surface area contributed by atoms with Crippen molar-refractivity contribution in [1.82, 2.24) is 0 Å². The van der Waals surface area contributed by atoms with E-state index in [1.807, 2.05) is 0 Å². The zero-order valence-corrected chi connectivity index (χ0v) is 21.9. The van der Waals surface area contributed by atoms with Crippen LogP contribution in [0.5, 0.6) is 0 Å². The van der Waals surface area contributed by atoms with Crippen LogP contribution in [0.4, 0.5) is 0 Å². The lowest BCUT2D eigenvalue weighted by atomic mass is 9.80. The van der Waals surface area contributed by atoms with Gasteiger partial charge in [0.15, 0.2) is 0 Å². The molecule has 42 heavy (non-hydrogen) atoms. The average molecular weight is 559 g/mol. The lowest BCUT2D eigenvalue weighted by Gasteiger charge is -2.23. The first-order chi connectivity index (χ1) is 29.8. The van der Waals surface area contributed by atoms with Gasteiger partial charge in [-0.05, 0) is 90.2 Å². The SMILES string of the molecule is [2H]c1c([2H])c([2H])c2c(c1[2H])-c1c([2H])c([2H])c(-c3c4c([2H])c([2H])c([2H])c([2H])c4c(-c4c([2H])c([2H])c5oc6c([2H])c([2H])c([2H])c([2H])c6c5c4[2H])c4c([2H])c([2H])c([2H])c([2H])c34)c([2H])c1C2(C)C. The predicted octanol–water partition coefficient (Wildman–Crippen LogP) is 11.5. The first-order valence-corrected chi connectivity index (χ1v) is 12.9. The molecule has 0 radical (unpaired) electrons. The molecular weight excluding hydrogens is 508 g/mol. The minimum Gasteiger partial charge on any atom is -0.456 e. The normalized spacial score (nSPS) is 21.0. The Hall–Kier alpha value is -5.14. The van der Waals surface area contributed by atoms with Crippen LogP contribution >= 0.6 is 0 Å². The van der Waals surface area contributed by atoms with E-state index < -0.39 is 199 Å². The lowest BCUT2D eigenvalue weighted by Crippen LogP contribution is -2.14. The highest BCUT2D eigenvalue weighted by Gasteiger charge is 2.35. The van der Waals surface area contributed by atoms with Crippen LogP contribution in [0.25, 0.3) is 76.9 Å². The Labute approximate surface area is 275 Å². The molecule has 1 heterocycles. The Morgan fingerprint density at radius 3 is 1.64 bits per heavy atom. The molecule has 0 unspecified atom stereocenters. The molecule has 198 valence electrons. The monoisotopic (exact) mass is 558 g/mol. The molecule has 0 N–H and O–H groups in total. The molecular formula is C41H28O. The van der Waals surface area contributed by atoms with E-state index in [1.54, 1.807) is 13.8 Å². The number of fused-ring (bicyclic) bond motifs is 8. The maximum atomic E-state index is 9.85. The fourth-order valence-electron chi connectivity index (χ4n) is 5.83. The summed E-state index contributed by atoms with van der Waals surface area (Å²) in [4.78, 5) is 0. The molecule has 0 saturated heterocycles. The largest absolute Gasteiger partial charge is 0.456 e. The molecule has 0 atom stereocenters. The summed E-state index contributed by atoms with van der Waals surface area (Å²) in [7, 11) is 0. The maximum absolute atomic E-state index is 9.85. The molecule has 7 aromatic carbocycles. The van der Waals surface area contributed by atoms with Crippen LogP contribution in [0.1, 0.15) is 55.1 Å². The van der Waals surface area contributed by atoms with E-state index in [9.17, 15) is 12.3 Å². The molecule has 0 aliphatic heterocycles. The van der Waals surface area contributed by atoms with E-state index >= 15 is 0 Å². The smallest absolute Gasteiger partial charge is 0.135 e. The van der Waals surface area contributed by atoms with Gasteiger partial charge in [-0.15, -0.1) is 0 Å². The van der Waals surface area contributed by atoms with Crippen molar-refractivity contribution in [1.29, 1.82) is 0 Å². The molecule has 0 amide bonds. The molecule has 0 spiro atoms. The van der Waals surface area contributed by atoms with E-state index in [1.165, 1.54) is 0 Å². The predicted molar refractivity (Wildman–Crippen MR) is 177 cm³/mol. The first-order valence-electron chi connectivity index (χ1n) is 23.9. The van der Waals surface area contributed by atoms with Gasteiger partial charge in [0.25, 0.3) is 0 Å². The number of rotatable bonds is 2. The van der Waals surface area contributed by atoms with E-state index in [0.29, 0.717) is 0 Å². The fraction of sp³-hybridized carbons (Fsp3) is 0.0732. The Morgan fingerprint density at radius 2 is 0.952 bits per heavy atom. The topological polar surface area (TPSA) is 13.1 Å². The van der Waals surface area contributed by atoms with Crippen molar-refractivity contribution in [2.24, 2.45) is 0 Å². The molecule has 1 heteroatoms. The summed E-state index contributed by atoms with van der Waals surface area (Å²) in [5.41, 5.74) is -5.08. The second-order valence-electron chi connectivity index (χ2n) is 10.4. The van der Waals surface area contributed by atoms with Crippen molar-refractivity contribution in [3.05, 3.63) is 144 Å². The summed E-state index contributed by atoms with van der Waals surface area (Å²) in [6, 6.07) is -16.4. The van der Waals surface area contributed by atoms with Crippen molar-refractivity contribution in [2.45, 2.75) is 19.3 Å². The van der Waals surface area contributed by atoms with E-state index in [-0.39, 0.29) is 27.6 Å². The van der Waals surface area contributed by atoms with Crippen LogP contribution in [0.15, 0.2) is 137 Å². The third-order valence-corrected chi connectivity index (χ3v) is 7.76. The minimum atomic E-state index is -1.48. The quantitative estimate of drug-likeness (QED) is 0.192. The molecule has 1 aromatic heterocycles. The summed E-state index contributed by atoms with van der Waals surface area (Å²) in [6.45, 7) is 3.08. The summed E-state index contributed by atoms with van der Waals surface area (Å²) in [5.74, 6) is 0. The van der Waals surface area contributed by atoms with Crippen LogP contribution in [0.2, 0.25) is 0 Å². The van der Waals surface area contributed by atoms with Crippen LogP contribution in [-0.2, 0) is 5.41 Å². The number of benzene rings is 7. The molecule has 0 saturated carbocycles.